The summed E-state index contributed by atoms with van der Waals surface area (Å²) in [5.74, 6) is 0.126. The van der Waals surface area contributed by atoms with Crippen molar-refractivity contribution in [2.45, 2.75) is 24.8 Å². The van der Waals surface area contributed by atoms with Gasteiger partial charge >= 0.3 is 0 Å². The Morgan fingerprint density at radius 1 is 1.60 bits per heavy atom. The molecule has 2 aliphatic rings. The summed E-state index contributed by atoms with van der Waals surface area (Å²) in [7, 11) is 0. The van der Waals surface area contributed by atoms with Gasteiger partial charge in [0.1, 0.15) is 5.54 Å². The minimum absolute atomic E-state index is 0.126. The standard InChI is InChI=1S/C7H10N2O/c10-6-7(3-5-8-6)2-1-4-9-7/h4H,1-3,5H2,(H,8,10). The van der Waals surface area contributed by atoms with Crippen LogP contribution in [0.1, 0.15) is 19.3 Å². The van der Waals surface area contributed by atoms with Crippen LogP contribution < -0.4 is 5.32 Å². The molecular weight excluding hydrogens is 128 g/mol. The first-order chi connectivity index (χ1) is 4.83. The second-order valence-electron chi connectivity index (χ2n) is 2.89. The third kappa shape index (κ3) is 0.602. The van der Waals surface area contributed by atoms with E-state index in [0.29, 0.717) is 0 Å². The van der Waals surface area contributed by atoms with Crippen LogP contribution in [0.25, 0.3) is 0 Å². The molecule has 1 unspecified atom stereocenters. The van der Waals surface area contributed by atoms with E-state index in [0.717, 1.165) is 25.8 Å². The first-order valence-corrected chi connectivity index (χ1v) is 3.65. The van der Waals surface area contributed by atoms with Gasteiger partial charge in [0.15, 0.2) is 0 Å². The molecule has 10 heavy (non-hydrogen) atoms. The maximum Gasteiger partial charge on any atom is 0.247 e. The third-order valence-corrected chi connectivity index (χ3v) is 2.27. The number of hydrogen-bond acceptors (Lipinski definition) is 2. The van der Waals surface area contributed by atoms with Crippen molar-refractivity contribution in [1.82, 2.24) is 5.32 Å². The molecule has 2 rings (SSSR count). The molecule has 3 heteroatoms. The molecule has 0 saturated carbocycles. The minimum atomic E-state index is -0.333. The summed E-state index contributed by atoms with van der Waals surface area (Å²) in [4.78, 5) is 15.4. The predicted octanol–water partition coefficient (Wildman–Crippen LogP) is 0.110. The van der Waals surface area contributed by atoms with Crippen LogP contribution >= 0.6 is 0 Å². The molecule has 1 N–H and O–H groups in total. The zero-order valence-corrected chi connectivity index (χ0v) is 5.76. The molecule has 2 heterocycles. The topological polar surface area (TPSA) is 41.5 Å². The molecule has 0 aromatic carbocycles. The lowest BCUT2D eigenvalue weighted by Crippen LogP contribution is -2.33. The molecule has 1 amide bonds. The van der Waals surface area contributed by atoms with E-state index in [1.54, 1.807) is 0 Å². The average molecular weight is 138 g/mol. The zero-order valence-electron chi connectivity index (χ0n) is 5.76. The Hall–Kier alpha value is -0.860. The maximum absolute atomic E-state index is 11.2. The Morgan fingerprint density at radius 3 is 3.00 bits per heavy atom. The Bertz CT molecular complexity index is 200. The van der Waals surface area contributed by atoms with Crippen molar-refractivity contribution in [3.8, 4) is 0 Å². The molecule has 0 bridgehead atoms. The predicted molar refractivity (Wildman–Crippen MR) is 38.1 cm³/mol. The lowest BCUT2D eigenvalue weighted by molar-refractivity contribution is -0.123. The lowest BCUT2D eigenvalue weighted by Gasteiger charge is -2.13. The van der Waals surface area contributed by atoms with Crippen molar-refractivity contribution in [3.63, 3.8) is 0 Å². The molecule has 0 aromatic rings. The van der Waals surface area contributed by atoms with Crippen LogP contribution in [0.5, 0.6) is 0 Å². The highest BCUT2D eigenvalue weighted by molar-refractivity contribution is 5.91. The van der Waals surface area contributed by atoms with Crippen LogP contribution in [-0.4, -0.2) is 24.2 Å². The molecule has 1 fully saturated rings. The summed E-state index contributed by atoms with van der Waals surface area (Å²) < 4.78 is 0. The lowest BCUT2D eigenvalue weighted by atomic mass is 9.96. The maximum atomic E-state index is 11.2. The minimum Gasteiger partial charge on any atom is -0.354 e. The van der Waals surface area contributed by atoms with E-state index in [-0.39, 0.29) is 11.4 Å². The van der Waals surface area contributed by atoms with Gasteiger partial charge in [0.2, 0.25) is 5.91 Å². The van der Waals surface area contributed by atoms with E-state index in [9.17, 15) is 4.79 Å². The summed E-state index contributed by atoms with van der Waals surface area (Å²) in [5, 5.41) is 2.80. The van der Waals surface area contributed by atoms with Gasteiger partial charge < -0.3 is 5.32 Å². The zero-order chi connectivity index (χ0) is 7.03. The molecular formula is C7H10N2O. The first kappa shape index (κ1) is 5.89. The second kappa shape index (κ2) is 1.81. The molecule has 3 nitrogen and oxygen atoms in total. The normalized spacial score (nSPS) is 37.4. The molecule has 2 aliphatic heterocycles. The van der Waals surface area contributed by atoms with Crippen molar-refractivity contribution in [3.05, 3.63) is 0 Å². The second-order valence-corrected chi connectivity index (χ2v) is 2.89. The fourth-order valence-corrected chi connectivity index (χ4v) is 1.63. The summed E-state index contributed by atoms with van der Waals surface area (Å²) in [6.45, 7) is 0.802. The quantitative estimate of drug-likeness (QED) is 0.507. The van der Waals surface area contributed by atoms with Crippen molar-refractivity contribution in [2.75, 3.05) is 6.54 Å². The van der Waals surface area contributed by atoms with Crippen LogP contribution in [0.15, 0.2) is 4.99 Å². The smallest absolute Gasteiger partial charge is 0.247 e. The Morgan fingerprint density at radius 2 is 2.50 bits per heavy atom. The van der Waals surface area contributed by atoms with Gasteiger partial charge in [-0.1, -0.05) is 0 Å². The fraction of sp³-hybridized carbons (Fsp3) is 0.714. The molecule has 1 saturated heterocycles. The Kier molecular flexibility index (Phi) is 1.07. The van der Waals surface area contributed by atoms with Crippen LogP contribution in [0, 0.1) is 0 Å². The Labute approximate surface area is 59.5 Å². The molecule has 1 spiro atoms. The van der Waals surface area contributed by atoms with Crippen molar-refractivity contribution in [2.24, 2.45) is 4.99 Å². The largest absolute Gasteiger partial charge is 0.354 e. The van der Waals surface area contributed by atoms with Gasteiger partial charge in [-0.25, -0.2) is 0 Å². The summed E-state index contributed by atoms with van der Waals surface area (Å²) in [6, 6.07) is 0. The first-order valence-electron chi connectivity index (χ1n) is 3.65. The molecule has 1 atom stereocenters. The van der Waals surface area contributed by atoms with Gasteiger partial charge in [0.05, 0.1) is 0 Å². The van der Waals surface area contributed by atoms with Gasteiger partial charge in [0.25, 0.3) is 0 Å². The number of carbonyl (C=O) groups is 1. The van der Waals surface area contributed by atoms with E-state index < -0.39 is 0 Å². The summed E-state index contributed by atoms with van der Waals surface area (Å²) in [5.41, 5.74) is -0.333. The molecule has 0 aromatic heterocycles. The van der Waals surface area contributed by atoms with Crippen molar-refractivity contribution in [1.29, 1.82) is 0 Å². The monoisotopic (exact) mass is 138 g/mol. The van der Waals surface area contributed by atoms with Gasteiger partial charge in [-0.2, -0.15) is 0 Å². The number of nitrogens with zero attached hydrogens (tertiary/aromatic N) is 1. The highest BCUT2D eigenvalue weighted by Crippen LogP contribution is 2.29. The number of carbonyl (C=O) groups excluding carboxylic acids is 1. The SMILES string of the molecule is O=C1NCCC12CCC=N2. The van der Waals surface area contributed by atoms with E-state index in [1.165, 1.54) is 0 Å². The number of nitrogens with one attached hydrogen (secondary N) is 1. The van der Waals surface area contributed by atoms with Crippen LogP contribution in [-0.2, 0) is 4.79 Å². The Balaban J connectivity index is 2.28. The third-order valence-electron chi connectivity index (χ3n) is 2.27. The molecule has 54 valence electrons. The van der Waals surface area contributed by atoms with E-state index in [2.05, 4.69) is 10.3 Å². The summed E-state index contributed by atoms with van der Waals surface area (Å²) >= 11 is 0. The number of hydrogen-bond donors (Lipinski definition) is 1. The highest BCUT2D eigenvalue weighted by Gasteiger charge is 2.42. The number of aliphatic imine (C=N–C) groups is 1. The van der Waals surface area contributed by atoms with Gasteiger partial charge in [-0.15, -0.1) is 0 Å². The summed E-state index contributed by atoms with van der Waals surface area (Å²) in [6.07, 6.45) is 4.64. The van der Waals surface area contributed by atoms with Crippen LogP contribution in [0.3, 0.4) is 0 Å². The van der Waals surface area contributed by atoms with Crippen molar-refractivity contribution >= 4 is 12.1 Å². The van der Waals surface area contributed by atoms with E-state index in [4.69, 9.17) is 0 Å². The van der Waals surface area contributed by atoms with Crippen LogP contribution in [0.2, 0.25) is 0 Å². The van der Waals surface area contributed by atoms with Crippen LogP contribution in [0.4, 0.5) is 0 Å². The molecule has 0 aliphatic carbocycles. The van der Waals surface area contributed by atoms with E-state index in [1.807, 2.05) is 6.21 Å². The number of amides is 1. The number of rotatable bonds is 0. The van der Waals surface area contributed by atoms with E-state index >= 15 is 0 Å². The van der Waals surface area contributed by atoms with Gasteiger partial charge in [0, 0.05) is 12.8 Å². The van der Waals surface area contributed by atoms with Gasteiger partial charge in [-0.3, -0.25) is 9.79 Å². The molecule has 0 radical (unpaired) electrons. The average Bonchev–Trinajstić information content (AvgIpc) is 2.48. The van der Waals surface area contributed by atoms with Crippen molar-refractivity contribution < 1.29 is 4.79 Å². The fourth-order valence-electron chi connectivity index (χ4n) is 1.63. The van der Waals surface area contributed by atoms with Gasteiger partial charge in [-0.05, 0) is 19.3 Å². The highest BCUT2D eigenvalue weighted by atomic mass is 16.2.